The first kappa shape index (κ1) is 14.3. The Morgan fingerprint density at radius 2 is 2.10 bits per heavy atom. The second kappa shape index (κ2) is 5.89. The standard InChI is InChI=1S/C16H19N3O/c1-16(2,7-8-20)11-18-15-9-12(10-17)19-14-6-4-3-5-13(14)15/h3-6,9,20H,7-8,11H2,1-2H3,(H,18,19). The lowest BCUT2D eigenvalue weighted by molar-refractivity contribution is 0.220. The number of benzene rings is 1. The fraction of sp³-hybridized carbons (Fsp3) is 0.375. The minimum Gasteiger partial charge on any atom is -0.396 e. The van der Waals surface area contributed by atoms with Crippen molar-refractivity contribution in [2.45, 2.75) is 20.3 Å². The third-order valence-corrected chi connectivity index (χ3v) is 3.38. The van der Waals surface area contributed by atoms with Gasteiger partial charge in [0.2, 0.25) is 0 Å². The summed E-state index contributed by atoms with van der Waals surface area (Å²) in [7, 11) is 0. The first-order chi connectivity index (χ1) is 9.55. The first-order valence-corrected chi connectivity index (χ1v) is 6.70. The normalized spacial score (nSPS) is 11.3. The van der Waals surface area contributed by atoms with E-state index in [9.17, 15) is 0 Å². The van der Waals surface area contributed by atoms with Gasteiger partial charge in [0.15, 0.2) is 0 Å². The van der Waals surface area contributed by atoms with Crippen LogP contribution in [0.1, 0.15) is 26.0 Å². The molecule has 2 aromatic rings. The Hall–Kier alpha value is -2.12. The van der Waals surface area contributed by atoms with E-state index in [1.54, 1.807) is 6.07 Å². The number of nitrogens with one attached hydrogen (secondary N) is 1. The molecule has 0 spiro atoms. The van der Waals surface area contributed by atoms with Gasteiger partial charge in [-0.15, -0.1) is 0 Å². The van der Waals surface area contributed by atoms with E-state index in [-0.39, 0.29) is 12.0 Å². The number of fused-ring (bicyclic) bond motifs is 1. The van der Waals surface area contributed by atoms with Crippen molar-refractivity contribution in [2.75, 3.05) is 18.5 Å². The van der Waals surface area contributed by atoms with E-state index < -0.39 is 0 Å². The van der Waals surface area contributed by atoms with Crippen molar-refractivity contribution in [3.8, 4) is 6.07 Å². The Bertz CT molecular complexity index is 644. The smallest absolute Gasteiger partial charge is 0.143 e. The van der Waals surface area contributed by atoms with Crippen molar-refractivity contribution >= 4 is 16.6 Å². The zero-order valence-electron chi connectivity index (χ0n) is 11.8. The predicted molar refractivity (Wildman–Crippen MR) is 80.4 cm³/mol. The molecule has 1 aromatic carbocycles. The van der Waals surface area contributed by atoms with Gasteiger partial charge >= 0.3 is 0 Å². The topological polar surface area (TPSA) is 68.9 Å². The number of hydrogen-bond donors (Lipinski definition) is 2. The maximum absolute atomic E-state index is 9.07. The summed E-state index contributed by atoms with van der Waals surface area (Å²) in [6, 6.07) is 11.6. The summed E-state index contributed by atoms with van der Waals surface area (Å²) < 4.78 is 0. The Labute approximate surface area is 119 Å². The molecule has 104 valence electrons. The Morgan fingerprint density at radius 1 is 1.35 bits per heavy atom. The van der Waals surface area contributed by atoms with Crippen LogP contribution >= 0.6 is 0 Å². The van der Waals surface area contributed by atoms with Gasteiger partial charge < -0.3 is 10.4 Å². The number of aliphatic hydroxyl groups is 1. The van der Waals surface area contributed by atoms with Gasteiger partial charge in [0.05, 0.1) is 5.52 Å². The highest BCUT2D eigenvalue weighted by Crippen LogP contribution is 2.26. The van der Waals surface area contributed by atoms with Crippen LogP contribution < -0.4 is 5.32 Å². The molecule has 0 aliphatic carbocycles. The fourth-order valence-corrected chi connectivity index (χ4v) is 2.10. The van der Waals surface area contributed by atoms with Crippen LogP contribution in [-0.4, -0.2) is 23.2 Å². The Kier molecular flexibility index (Phi) is 4.21. The molecule has 0 saturated carbocycles. The minimum absolute atomic E-state index is 0.00801. The number of para-hydroxylation sites is 1. The molecule has 0 aliphatic rings. The fourth-order valence-electron chi connectivity index (χ4n) is 2.10. The minimum atomic E-state index is -0.00801. The molecule has 2 rings (SSSR count). The summed E-state index contributed by atoms with van der Waals surface area (Å²) in [6.45, 7) is 5.11. The Balaban J connectivity index is 2.31. The number of aliphatic hydroxyl groups excluding tert-OH is 1. The van der Waals surface area contributed by atoms with Crippen LogP contribution in [-0.2, 0) is 0 Å². The number of nitriles is 1. The lowest BCUT2D eigenvalue weighted by Crippen LogP contribution is -2.24. The molecule has 2 N–H and O–H groups in total. The quantitative estimate of drug-likeness (QED) is 0.875. The zero-order valence-corrected chi connectivity index (χ0v) is 11.8. The summed E-state index contributed by atoms with van der Waals surface area (Å²) >= 11 is 0. The number of pyridine rings is 1. The molecular weight excluding hydrogens is 250 g/mol. The predicted octanol–water partition coefficient (Wildman–Crippen LogP) is 2.93. The van der Waals surface area contributed by atoms with Gasteiger partial charge in [-0.3, -0.25) is 0 Å². The summed E-state index contributed by atoms with van der Waals surface area (Å²) in [6.07, 6.45) is 0.730. The van der Waals surface area contributed by atoms with Gasteiger partial charge in [0.1, 0.15) is 11.8 Å². The second-order valence-corrected chi connectivity index (χ2v) is 5.68. The Morgan fingerprint density at radius 3 is 2.80 bits per heavy atom. The highest BCUT2D eigenvalue weighted by atomic mass is 16.3. The third-order valence-electron chi connectivity index (χ3n) is 3.38. The van der Waals surface area contributed by atoms with Crippen LogP contribution in [0.25, 0.3) is 10.9 Å². The number of rotatable bonds is 5. The van der Waals surface area contributed by atoms with Crippen molar-refractivity contribution in [1.82, 2.24) is 4.98 Å². The number of aromatic nitrogens is 1. The van der Waals surface area contributed by atoms with Crippen molar-refractivity contribution in [3.63, 3.8) is 0 Å². The van der Waals surface area contributed by atoms with E-state index in [4.69, 9.17) is 10.4 Å². The van der Waals surface area contributed by atoms with E-state index in [2.05, 4.69) is 30.2 Å². The van der Waals surface area contributed by atoms with E-state index in [1.807, 2.05) is 24.3 Å². The zero-order chi connectivity index (χ0) is 14.6. The average molecular weight is 269 g/mol. The van der Waals surface area contributed by atoms with E-state index in [0.717, 1.165) is 29.6 Å². The summed E-state index contributed by atoms with van der Waals surface area (Å²) in [5, 5.41) is 22.5. The summed E-state index contributed by atoms with van der Waals surface area (Å²) in [4.78, 5) is 4.29. The first-order valence-electron chi connectivity index (χ1n) is 6.70. The van der Waals surface area contributed by atoms with E-state index in [1.165, 1.54) is 0 Å². The average Bonchev–Trinajstić information content (AvgIpc) is 2.44. The van der Waals surface area contributed by atoms with Crippen molar-refractivity contribution in [3.05, 3.63) is 36.0 Å². The number of nitrogens with zero attached hydrogens (tertiary/aromatic N) is 2. The SMILES string of the molecule is CC(C)(CCO)CNc1cc(C#N)nc2ccccc12. The molecule has 0 atom stereocenters. The highest BCUT2D eigenvalue weighted by molar-refractivity contribution is 5.91. The molecule has 0 aliphatic heterocycles. The third kappa shape index (κ3) is 3.25. The molecule has 1 aromatic heterocycles. The molecule has 0 fully saturated rings. The van der Waals surface area contributed by atoms with Crippen LogP contribution in [0.5, 0.6) is 0 Å². The van der Waals surface area contributed by atoms with Crippen molar-refractivity contribution in [1.29, 1.82) is 5.26 Å². The van der Waals surface area contributed by atoms with Gasteiger partial charge in [0, 0.05) is 24.2 Å². The van der Waals surface area contributed by atoms with Gasteiger partial charge in [-0.1, -0.05) is 32.0 Å². The molecular formula is C16H19N3O. The van der Waals surface area contributed by atoms with E-state index in [0.29, 0.717) is 5.69 Å². The van der Waals surface area contributed by atoms with Gasteiger partial charge in [-0.05, 0) is 24.0 Å². The van der Waals surface area contributed by atoms with Crippen molar-refractivity contribution in [2.24, 2.45) is 5.41 Å². The summed E-state index contributed by atoms with van der Waals surface area (Å²) in [5.74, 6) is 0. The molecule has 0 saturated heterocycles. The van der Waals surface area contributed by atoms with Crippen LogP contribution in [0.3, 0.4) is 0 Å². The molecule has 20 heavy (non-hydrogen) atoms. The summed E-state index contributed by atoms with van der Waals surface area (Å²) in [5.41, 5.74) is 2.13. The largest absolute Gasteiger partial charge is 0.396 e. The number of anilines is 1. The number of hydrogen-bond acceptors (Lipinski definition) is 4. The van der Waals surface area contributed by atoms with Gasteiger partial charge in [0.25, 0.3) is 0 Å². The maximum atomic E-state index is 9.07. The molecule has 1 heterocycles. The lowest BCUT2D eigenvalue weighted by atomic mass is 9.89. The molecule has 0 bridgehead atoms. The molecule has 0 amide bonds. The highest BCUT2D eigenvalue weighted by Gasteiger charge is 2.17. The second-order valence-electron chi connectivity index (χ2n) is 5.68. The van der Waals surface area contributed by atoms with Crippen molar-refractivity contribution < 1.29 is 5.11 Å². The van der Waals surface area contributed by atoms with Crippen LogP contribution in [0.15, 0.2) is 30.3 Å². The van der Waals surface area contributed by atoms with Crippen LogP contribution in [0.4, 0.5) is 5.69 Å². The van der Waals surface area contributed by atoms with Crippen LogP contribution in [0, 0.1) is 16.7 Å². The molecule has 0 unspecified atom stereocenters. The van der Waals surface area contributed by atoms with Crippen LogP contribution in [0.2, 0.25) is 0 Å². The lowest BCUT2D eigenvalue weighted by Gasteiger charge is -2.25. The van der Waals surface area contributed by atoms with E-state index >= 15 is 0 Å². The molecule has 4 nitrogen and oxygen atoms in total. The maximum Gasteiger partial charge on any atom is 0.143 e. The van der Waals surface area contributed by atoms with Gasteiger partial charge in [-0.25, -0.2) is 4.98 Å². The molecule has 4 heteroatoms. The van der Waals surface area contributed by atoms with Gasteiger partial charge in [-0.2, -0.15) is 5.26 Å². The molecule has 0 radical (unpaired) electrons. The monoisotopic (exact) mass is 269 g/mol.